The number of carbonyl (C=O) groups is 1. The van der Waals surface area contributed by atoms with Crippen LogP contribution in [0.3, 0.4) is 0 Å². The molecule has 1 N–H and O–H groups in total. The fourth-order valence-electron chi connectivity index (χ4n) is 2.57. The predicted molar refractivity (Wildman–Crippen MR) is 70.6 cm³/mol. The van der Waals surface area contributed by atoms with Gasteiger partial charge in [-0.1, -0.05) is 30.3 Å². The molecule has 0 aromatic heterocycles. The van der Waals surface area contributed by atoms with Crippen LogP contribution in [0.1, 0.15) is 24.8 Å². The Morgan fingerprint density at radius 3 is 2.79 bits per heavy atom. The first kappa shape index (κ1) is 12.5. The van der Waals surface area contributed by atoms with Crippen LogP contribution in [0.25, 0.3) is 0 Å². The summed E-state index contributed by atoms with van der Waals surface area (Å²) in [5, 5.41) is 2.93. The van der Waals surface area contributed by atoms with E-state index in [-0.39, 0.29) is 18.2 Å². The van der Waals surface area contributed by atoms with Crippen LogP contribution in [-0.4, -0.2) is 24.8 Å². The fourth-order valence-corrected chi connectivity index (χ4v) is 2.57. The minimum absolute atomic E-state index is 0.121. The maximum Gasteiger partial charge on any atom is 0.407 e. The van der Waals surface area contributed by atoms with Crippen LogP contribution in [0.2, 0.25) is 0 Å². The van der Waals surface area contributed by atoms with Crippen LogP contribution in [0.5, 0.6) is 0 Å². The lowest BCUT2D eigenvalue weighted by atomic mass is 10.1. The molecule has 1 aromatic carbocycles. The normalized spacial score (nSPS) is 26.1. The monoisotopic (exact) mass is 261 g/mol. The summed E-state index contributed by atoms with van der Waals surface area (Å²) in [6.45, 7) is 1.05. The first-order chi connectivity index (χ1) is 9.33. The van der Waals surface area contributed by atoms with E-state index in [0.717, 1.165) is 18.6 Å². The largest absolute Gasteiger partial charge is 0.445 e. The summed E-state index contributed by atoms with van der Waals surface area (Å²) in [4.78, 5) is 11.8. The number of ether oxygens (including phenoxy) is 2. The lowest BCUT2D eigenvalue weighted by Crippen LogP contribution is -2.41. The zero-order valence-electron chi connectivity index (χ0n) is 10.9. The van der Waals surface area contributed by atoms with Gasteiger partial charge < -0.3 is 14.8 Å². The van der Waals surface area contributed by atoms with Gasteiger partial charge >= 0.3 is 6.09 Å². The summed E-state index contributed by atoms with van der Waals surface area (Å²) in [6.07, 6.45) is 3.19. The molecule has 2 unspecified atom stereocenters. The standard InChI is InChI=1S/C15H19NO3/c17-15(19-10-11-4-2-1-3-5-11)16-13-8-9-18-14(13)12-6-7-12/h1-5,12-14H,6-10H2,(H,16,17). The lowest BCUT2D eigenvalue weighted by Gasteiger charge is -2.19. The summed E-state index contributed by atoms with van der Waals surface area (Å²) in [5.41, 5.74) is 0.999. The molecule has 1 saturated carbocycles. The second-order valence-electron chi connectivity index (χ2n) is 5.27. The minimum Gasteiger partial charge on any atom is -0.445 e. The van der Waals surface area contributed by atoms with Gasteiger partial charge in [0.1, 0.15) is 6.61 Å². The van der Waals surface area contributed by atoms with E-state index >= 15 is 0 Å². The predicted octanol–water partition coefficient (Wildman–Crippen LogP) is 2.48. The van der Waals surface area contributed by atoms with Crippen molar-refractivity contribution in [1.29, 1.82) is 0 Å². The number of rotatable bonds is 4. The van der Waals surface area contributed by atoms with E-state index < -0.39 is 0 Å². The van der Waals surface area contributed by atoms with Gasteiger partial charge in [-0.25, -0.2) is 4.79 Å². The fraction of sp³-hybridized carbons (Fsp3) is 0.533. The molecule has 1 aliphatic carbocycles. The van der Waals surface area contributed by atoms with Crippen molar-refractivity contribution in [1.82, 2.24) is 5.32 Å². The molecule has 102 valence electrons. The van der Waals surface area contributed by atoms with Crippen molar-refractivity contribution in [3.63, 3.8) is 0 Å². The topological polar surface area (TPSA) is 47.6 Å². The van der Waals surface area contributed by atoms with E-state index in [9.17, 15) is 4.79 Å². The van der Waals surface area contributed by atoms with E-state index in [1.54, 1.807) is 0 Å². The van der Waals surface area contributed by atoms with Crippen LogP contribution in [0.4, 0.5) is 4.79 Å². The van der Waals surface area contributed by atoms with Crippen molar-refractivity contribution >= 4 is 6.09 Å². The van der Waals surface area contributed by atoms with Gasteiger partial charge in [0.25, 0.3) is 0 Å². The summed E-state index contributed by atoms with van der Waals surface area (Å²) in [5.74, 6) is 0.641. The number of amides is 1. The SMILES string of the molecule is O=C(NC1CCOC1C1CC1)OCc1ccccc1. The number of alkyl carbamates (subject to hydrolysis) is 1. The van der Waals surface area contributed by atoms with Gasteiger partial charge in [-0.3, -0.25) is 0 Å². The highest BCUT2D eigenvalue weighted by molar-refractivity contribution is 5.67. The van der Waals surface area contributed by atoms with Crippen LogP contribution in [0, 0.1) is 5.92 Å². The Morgan fingerprint density at radius 1 is 1.26 bits per heavy atom. The van der Waals surface area contributed by atoms with Crippen molar-refractivity contribution in [2.45, 2.75) is 38.0 Å². The average Bonchev–Trinajstić information content (AvgIpc) is 3.18. The van der Waals surface area contributed by atoms with Gasteiger partial charge in [0.2, 0.25) is 0 Å². The molecule has 4 nitrogen and oxygen atoms in total. The molecule has 0 bridgehead atoms. The summed E-state index contributed by atoms with van der Waals surface area (Å²) in [7, 11) is 0. The van der Waals surface area contributed by atoms with Crippen LogP contribution < -0.4 is 5.32 Å². The third kappa shape index (κ3) is 3.26. The van der Waals surface area contributed by atoms with Crippen molar-refractivity contribution in [3.05, 3.63) is 35.9 Å². The van der Waals surface area contributed by atoms with Gasteiger partial charge in [0, 0.05) is 6.61 Å². The Kier molecular flexibility index (Phi) is 3.69. The molecule has 1 aliphatic heterocycles. The first-order valence-electron chi connectivity index (χ1n) is 6.92. The summed E-state index contributed by atoms with van der Waals surface area (Å²) in [6, 6.07) is 9.82. The number of nitrogens with one attached hydrogen (secondary N) is 1. The molecule has 0 spiro atoms. The highest BCUT2D eigenvalue weighted by atomic mass is 16.5. The summed E-state index contributed by atoms with van der Waals surface area (Å²) < 4.78 is 10.9. The van der Waals surface area contributed by atoms with Crippen molar-refractivity contribution in [2.24, 2.45) is 5.92 Å². The Labute approximate surface area is 113 Å². The number of hydrogen-bond donors (Lipinski definition) is 1. The maximum absolute atomic E-state index is 11.8. The second kappa shape index (κ2) is 5.61. The molecular weight excluding hydrogens is 242 g/mol. The minimum atomic E-state index is -0.343. The van der Waals surface area contributed by atoms with E-state index in [1.807, 2.05) is 30.3 Å². The molecule has 2 aliphatic rings. The second-order valence-corrected chi connectivity index (χ2v) is 5.27. The smallest absolute Gasteiger partial charge is 0.407 e. The van der Waals surface area contributed by atoms with Crippen molar-refractivity contribution < 1.29 is 14.3 Å². The molecule has 0 radical (unpaired) electrons. The highest BCUT2D eigenvalue weighted by Crippen LogP contribution is 2.38. The molecule has 1 heterocycles. The molecular formula is C15H19NO3. The van der Waals surface area contributed by atoms with Crippen molar-refractivity contribution in [2.75, 3.05) is 6.61 Å². The molecule has 3 rings (SSSR count). The molecule has 4 heteroatoms. The Balaban J connectivity index is 1.46. The Hall–Kier alpha value is -1.55. The molecule has 2 fully saturated rings. The number of carbonyl (C=O) groups excluding carboxylic acids is 1. The van der Waals surface area contributed by atoms with Crippen LogP contribution in [-0.2, 0) is 16.1 Å². The van der Waals surface area contributed by atoms with Crippen molar-refractivity contribution in [3.8, 4) is 0 Å². The first-order valence-corrected chi connectivity index (χ1v) is 6.92. The van der Waals surface area contributed by atoms with Crippen LogP contribution >= 0.6 is 0 Å². The third-order valence-corrected chi connectivity index (χ3v) is 3.74. The lowest BCUT2D eigenvalue weighted by molar-refractivity contribution is 0.0764. The summed E-state index contributed by atoms with van der Waals surface area (Å²) >= 11 is 0. The maximum atomic E-state index is 11.8. The molecule has 1 amide bonds. The quantitative estimate of drug-likeness (QED) is 0.905. The number of benzene rings is 1. The van der Waals surface area contributed by atoms with Gasteiger partial charge in [-0.15, -0.1) is 0 Å². The van der Waals surface area contributed by atoms with Gasteiger partial charge in [0.05, 0.1) is 12.1 Å². The van der Waals surface area contributed by atoms with E-state index in [1.165, 1.54) is 12.8 Å². The Bertz CT molecular complexity index is 430. The van der Waals surface area contributed by atoms with Crippen LogP contribution in [0.15, 0.2) is 30.3 Å². The average molecular weight is 261 g/mol. The van der Waals surface area contributed by atoms with E-state index in [0.29, 0.717) is 12.5 Å². The molecule has 1 saturated heterocycles. The number of hydrogen-bond acceptors (Lipinski definition) is 3. The van der Waals surface area contributed by atoms with E-state index in [2.05, 4.69) is 5.32 Å². The zero-order chi connectivity index (χ0) is 13.1. The van der Waals surface area contributed by atoms with Gasteiger partial charge in [-0.05, 0) is 30.7 Å². The molecule has 1 aromatic rings. The zero-order valence-corrected chi connectivity index (χ0v) is 10.9. The molecule has 2 atom stereocenters. The van der Waals surface area contributed by atoms with Gasteiger partial charge in [-0.2, -0.15) is 0 Å². The third-order valence-electron chi connectivity index (χ3n) is 3.74. The van der Waals surface area contributed by atoms with Gasteiger partial charge in [0.15, 0.2) is 0 Å². The Morgan fingerprint density at radius 2 is 2.05 bits per heavy atom. The molecule has 19 heavy (non-hydrogen) atoms. The van der Waals surface area contributed by atoms with E-state index in [4.69, 9.17) is 9.47 Å². The highest BCUT2D eigenvalue weighted by Gasteiger charge is 2.41.